The van der Waals surface area contributed by atoms with Gasteiger partial charge in [-0.25, -0.2) is 4.79 Å². The van der Waals surface area contributed by atoms with Crippen LogP contribution in [0.15, 0.2) is 30.1 Å². The summed E-state index contributed by atoms with van der Waals surface area (Å²) in [5, 5.41) is 11.8. The zero-order valence-electron chi connectivity index (χ0n) is 14.9. The normalized spacial score (nSPS) is 22.2. The smallest absolute Gasteiger partial charge is 0.336 e. The lowest BCUT2D eigenvalue weighted by molar-refractivity contribution is -0.699. The number of fused-ring (bicyclic) bond motifs is 1. The van der Waals surface area contributed by atoms with Gasteiger partial charge in [-0.15, -0.1) is 11.8 Å². The zero-order valence-corrected chi connectivity index (χ0v) is 15.7. The zero-order chi connectivity index (χ0) is 19.1. The molecule has 1 aromatic heterocycles. The second kappa shape index (κ2) is 6.75. The number of amides is 2. The summed E-state index contributed by atoms with van der Waals surface area (Å²) in [7, 11) is 0. The molecule has 2 atom stereocenters. The number of aromatic carboxylic acids is 1. The molecule has 26 heavy (non-hydrogen) atoms. The fourth-order valence-electron chi connectivity index (χ4n) is 3.21. The molecule has 8 heteroatoms. The molecule has 1 fully saturated rings. The molecule has 0 aromatic carbocycles. The molecule has 2 N–H and O–H groups in total. The molecule has 0 radical (unpaired) electrons. The molecule has 0 bridgehead atoms. The summed E-state index contributed by atoms with van der Waals surface area (Å²) in [5.74, 6) is -0.296. The Morgan fingerprint density at radius 3 is 2.85 bits per heavy atom. The Hall–Kier alpha value is -2.35. The number of pyridine rings is 1. The SMILES string of the molecule is CC(C)(C)c1cc(C(=O)O)cc[n+]1CC1=CN2C(=O)[C@@H](NC=O)[C@@H]2SC1. The van der Waals surface area contributed by atoms with Crippen LogP contribution in [0.1, 0.15) is 36.8 Å². The van der Waals surface area contributed by atoms with Crippen molar-refractivity contribution in [2.45, 2.75) is 44.1 Å². The number of nitrogens with one attached hydrogen (secondary N) is 1. The lowest BCUT2D eigenvalue weighted by atomic mass is 9.90. The van der Waals surface area contributed by atoms with Crippen LogP contribution in [0.2, 0.25) is 0 Å². The van der Waals surface area contributed by atoms with E-state index in [-0.39, 0.29) is 22.3 Å². The summed E-state index contributed by atoms with van der Waals surface area (Å²) in [4.78, 5) is 35.6. The largest absolute Gasteiger partial charge is 0.478 e. The molecular formula is C18H22N3O4S+. The summed E-state index contributed by atoms with van der Waals surface area (Å²) in [6.07, 6.45) is 4.21. The van der Waals surface area contributed by atoms with E-state index in [1.54, 1.807) is 35.0 Å². The third-order valence-corrected chi connectivity index (χ3v) is 5.89. The molecule has 0 unspecified atom stereocenters. The number of carboxylic acid groups (broad SMARTS) is 1. The highest BCUT2D eigenvalue weighted by Gasteiger charge is 2.48. The van der Waals surface area contributed by atoms with E-state index >= 15 is 0 Å². The minimum Gasteiger partial charge on any atom is -0.478 e. The summed E-state index contributed by atoms with van der Waals surface area (Å²) in [6, 6.07) is 2.86. The van der Waals surface area contributed by atoms with Gasteiger partial charge < -0.3 is 15.3 Å². The average molecular weight is 376 g/mol. The maximum absolute atomic E-state index is 12.1. The lowest BCUT2D eigenvalue weighted by Gasteiger charge is -2.46. The first-order valence-electron chi connectivity index (χ1n) is 8.32. The van der Waals surface area contributed by atoms with Crippen LogP contribution in [0.4, 0.5) is 0 Å². The highest BCUT2D eigenvalue weighted by molar-refractivity contribution is 8.00. The maximum atomic E-state index is 12.1. The minimum absolute atomic E-state index is 0.0436. The lowest BCUT2D eigenvalue weighted by Crippen LogP contribution is -2.67. The van der Waals surface area contributed by atoms with Gasteiger partial charge in [0.1, 0.15) is 11.4 Å². The van der Waals surface area contributed by atoms with Crippen LogP contribution < -0.4 is 9.88 Å². The van der Waals surface area contributed by atoms with E-state index < -0.39 is 12.0 Å². The molecule has 3 rings (SSSR count). The van der Waals surface area contributed by atoms with Crippen LogP contribution in [0.3, 0.4) is 0 Å². The molecule has 7 nitrogen and oxygen atoms in total. The minimum atomic E-state index is -0.946. The predicted octanol–water partition coefficient (Wildman–Crippen LogP) is 0.883. The molecule has 3 heterocycles. The molecule has 138 valence electrons. The second-order valence-electron chi connectivity index (χ2n) is 7.48. The number of thioether (sulfide) groups is 1. The topological polar surface area (TPSA) is 90.6 Å². The first-order valence-corrected chi connectivity index (χ1v) is 9.37. The summed E-state index contributed by atoms with van der Waals surface area (Å²) in [5.41, 5.74) is 2.03. The summed E-state index contributed by atoms with van der Waals surface area (Å²) >= 11 is 1.62. The van der Waals surface area contributed by atoms with Crippen molar-refractivity contribution in [2.24, 2.45) is 0 Å². The number of rotatable bonds is 5. The van der Waals surface area contributed by atoms with E-state index in [9.17, 15) is 19.5 Å². The molecule has 2 amide bonds. The summed E-state index contributed by atoms with van der Waals surface area (Å²) in [6.45, 7) is 6.71. The number of β-lactam (4-membered cyclic amide) rings is 1. The van der Waals surface area contributed by atoms with Crippen molar-refractivity contribution in [1.29, 1.82) is 0 Å². The quantitative estimate of drug-likeness (QED) is 0.452. The van der Waals surface area contributed by atoms with Crippen molar-refractivity contribution >= 4 is 30.0 Å². The predicted molar refractivity (Wildman–Crippen MR) is 96.5 cm³/mol. The third-order valence-electron chi connectivity index (χ3n) is 4.51. The monoisotopic (exact) mass is 376 g/mol. The molecule has 1 saturated heterocycles. The molecule has 2 aliphatic heterocycles. The van der Waals surface area contributed by atoms with Gasteiger partial charge in [0.15, 0.2) is 18.4 Å². The van der Waals surface area contributed by atoms with Gasteiger partial charge in [0.2, 0.25) is 6.41 Å². The van der Waals surface area contributed by atoms with Crippen molar-refractivity contribution in [2.75, 3.05) is 5.75 Å². The Labute approximate surface area is 156 Å². The fourth-order valence-corrected chi connectivity index (χ4v) is 4.47. The molecule has 2 aliphatic rings. The molecule has 0 saturated carbocycles. The van der Waals surface area contributed by atoms with Gasteiger partial charge in [0.05, 0.1) is 5.56 Å². The van der Waals surface area contributed by atoms with Gasteiger partial charge >= 0.3 is 5.97 Å². The van der Waals surface area contributed by atoms with E-state index in [1.165, 1.54) is 0 Å². The average Bonchev–Trinajstić information content (AvgIpc) is 2.58. The second-order valence-corrected chi connectivity index (χ2v) is 8.59. The summed E-state index contributed by atoms with van der Waals surface area (Å²) < 4.78 is 2.03. The first kappa shape index (κ1) is 18.4. The standard InChI is InChI=1S/C18H21N3O4S/c1-18(2,3)13-6-12(17(24)25)4-5-20(13)7-11-8-21-15(23)14(19-10-22)16(21)26-9-11/h4-6,8,10,14,16H,7,9H2,1-3H3,(H-,19,22,24,25)/p+1/t14-,16+/m1/s1. The van der Waals surface area contributed by atoms with Gasteiger partial charge in [-0.3, -0.25) is 9.59 Å². The van der Waals surface area contributed by atoms with Gasteiger partial charge in [-0.1, -0.05) is 20.8 Å². The van der Waals surface area contributed by atoms with E-state index in [2.05, 4.69) is 5.32 Å². The van der Waals surface area contributed by atoms with Crippen LogP contribution in [0, 0.1) is 0 Å². The van der Waals surface area contributed by atoms with Crippen molar-refractivity contribution in [3.05, 3.63) is 41.4 Å². The first-order chi connectivity index (χ1) is 12.2. The number of nitrogens with zero attached hydrogens (tertiary/aromatic N) is 2. The van der Waals surface area contributed by atoms with Crippen LogP contribution >= 0.6 is 11.8 Å². The fraction of sp³-hybridized carbons (Fsp3) is 0.444. The molecule has 0 aliphatic carbocycles. The van der Waals surface area contributed by atoms with Gasteiger partial charge in [0.25, 0.3) is 5.91 Å². The third kappa shape index (κ3) is 3.33. The number of carboxylic acids is 1. The molecule has 1 aromatic rings. The number of carbonyl (C=O) groups is 3. The van der Waals surface area contributed by atoms with Crippen LogP contribution in [-0.2, 0) is 21.5 Å². The Morgan fingerprint density at radius 1 is 1.50 bits per heavy atom. The highest BCUT2D eigenvalue weighted by atomic mass is 32.2. The maximum Gasteiger partial charge on any atom is 0.336 e. The van der Waals surface area contributed by atoms with E-state index in [4.69, 9.17) is 0 Å². The van der Waals surface area contributed by atoms with Crippen LogP contribution in [0.5, 0.6) is 0 Å². The Morgan fingerprint density at radius 2 is 2.23 bits per heavy atom. The highest BCUT2D eigenvalue weighted by Crippen LogP contribution is 2.36. The van der Waals surface area contributed by atoms with E-state index in [0.717, 1.165) is 17.0 Å². The molecule has 0 spiro atoms. The van der Waals surface area contributed by atoms with Gasteiger partial charge in [-0.05, 0) is 0 Å². The Kier molecular flexibility index (Phi) is 4.79. The van der Waals surface area contributed by atoms with Gasteiger partial charge in [0, 0.05) is 35.1 Å². The van der Waals surface area contributed by atoms with Crippen molar-refractivity contribution in [1.82, 2.24) is 10.2 Å². The van der Waals surface area contributed by atoms with Crippen LogP contribution in [-0.4, -0.2) is 45.5 Å². The van der Waals surface area contributed by atoms with E-state index in [1.807, 2.05) is 31.5 Å². The van der Waals surface area contributed by atoms with Crippen molar-refractivity contribution in [3.63, 3.8) is 0 Å². The van der Waals surface area contributed by atoms with Crippen molar-refractivity contribution < 1.29 is 24.1 Å². The van der Waals surface area contributed by atoms with E-state index in [0.29, 0.717) is 13.0 Å². The number of aromatic nitrogens is 1. The van der Waals surface area contributed by atoms with Crippen molar-refractivity contribution in [3.8, 4) is 0 Å². The number of hydrogen-bond acceptors (Lipinski definition) is 4. The van der Waals surface area contributed by atoms with Gasteiger partial charge in [-0.2, -0.15) is 4.57 Å². The Bertz CT molecular complexity index is 800. The Balaban J connectivity index is 1.84. The van der Waals surface area contributed by atoms with Crippen LogP contribution in [0.25, 0.3) is 0 Å². The number of carbonyl (C=O) groups excluding carboxylic acids is 2. The number of hydrogen-bond donors (Lipinski definition) is 2. The molecular weight excluding hydrogens is 354 g/mol.